The number of fused-ring (bicyclic) bond motifs is 2. The normalized spacial score (nSPS) is 13.3. The third-order valence-electron chi connectivity index (χ3n) is 5.36. The number of nitrogens with one attached hydrogen (secondary N) is 1. The first-order chi connectivity index (χ1) is 15.0. The fraction of sp³-hybridized carbons (Fsp3) is 0.174. The maximum atomic E-state index is 13.1. The van der Waals surface area contributed by atoms with Gasteiger partial charge >= 0.3 is 0 Å². The van der Waals surface area contributed by atoms with Crippen molar-refractivity contribution in [3.8, 4) is 10.6 Å². The summed E-state index contributed by atoms with van der Waals surface area (Å²) in [6.07, 6.45) is 0.759. The van der Waals surface area contributed by atoms with Crippen molar-refractivity contribution < 1.29 is 9.59 Å². The molecule has 0 atom stereocenters. The molecule has 1 N–H and O–H groups in total. The molecule has 5 rings (SSSR count). The van der Waals surface area contributed by atoms with Crippen molar-refractivity contribution in [2.75, 3.05) is 11.9 Å². The Bertz CT molecular complexity index is 1290. The zero-order valence-electron chi connectivity index (χ0n) is 16.6. The van der Waals surface area contributed by atoms with Gasteiger partial charge < -0.3 is 10.2 Å². The van der Waals surface area contributed by atoms with E-state index >= 15 is 0 Å². The van der Waals surface area contributed by atoms with Gasteiger partial charge in [-0.25, -0.2) is 4.98 Å². The molecule has 0 fully saturated rings. The van der Waals surface area contributed by atoms with Crippen LogP contribution in [0.4, 0.5) is 5.00 Å². The second-order valence-corrected chi connectivity index (χ2v) is 10.6. The molecule has 3 heterocycles. The van der Waals surface area contributed by atoms with Crippen LogP contribution in [0, 0.1) is 3.57 Å². The van der Waals surface area contributed by atoms with Gasteiger partial charge in [0.05, 0.1) is 22.3 Å². The number of benzene rings is 2. The number of carbonyl (C=O) groups excluding carboxylic acids is 2. The molecule has 0 spiro atoms. The van der Waals surface area contributed by atoms with Crippen molar-refractivity contribution >= 4 is 72.3 Å². The standard InChI is InChI=1S/C23H18IN3O2S2/c1-13(28)27-11-10-15-19(12-27)31-23(26-21(29)14-6-2-3-7-16(14)24)20(15)22-25-17-8-4-5-9-18(17)30-22/h2-9H,10-12H2,1H3,(H,26,29). The predicted molar refractivity (Wildman–Crippen MR) is 135 cm³/mol. The Morgan fingerprint density at radius 3 is 2.65 bits per heavy atom. The average Bonchev–Trinajstić information content (AvgIpc) is 3.33. The summed E-state index contributed by atoms with van der Waals surface area (Å²) in [5.74, 6) is -0.0561. The smallest absolute Gasteiger partial charge is 0.257 e. The maximum absolute atomic E-state index is 13.1. The van der Waals surface area contributed by atoms with Crippen molar-refractivity contribution in [3.63, 3.8) is 0 Å². The molecule has 0 radical (unpaired) electrons. The van der Waals surface area contributed by atoms with Crippen LogP contribution in [0.2, 0.25) is 0 Å². The van der Waals surface area contributed by atoms with E-state index in [0.29, 0.717) is 18.7 Å². The van der Waals surface area contributed by atoms with Gasteiger partial charge in [-0.2, -0.15) is 0 Å². The Hall–Kier alpha value is -2.30. The molecule has 0 saturated heterocycles. The van der Waals surface area contributed by atoms with E-state index in [1.54, 1.807) is 29.6 Å². The number of aromatic nitrogens is 1. The number of amides is 2. The van der Waals surface area contributed by atoms with Crippen LogP contribution < -0.4 is 5.32 Å². The number of carbonyl (C=O) groups is 2. The van der Waals surface area contributed by atoms with Crippen molar-refractivity contribution in [3.05, 3.63) is 68.1 Å². The SMILES string of the molecule is CC(=O)N1CCc2c(sc(NC(=O)c3ccccc3I)c2-c2nc3ccccc3s2)C1. The molecule has 2 amide bonds. The van der Waals surface area contributed by atoms with E-state index < -0.39 is 0 Å². The summed E-state index contributed by atoms with van der Waals surface area (Å²) in [6, 6.07) is 15.6. The molecule has 1 aliphatic heterocycles. The molecule has 0 unspecified atom stereocenters. The Morgan fingerprint density at radius 1 is 1.10 bits per heavy atom. The topological polar surface area (TPSA) is 62.3 Å². The van der Waals surface area contributed by atoms with E-state index in [2.05, 4.69) is 34.0 Å². The number of thiazole rings is 1. The fourth-order valence-electron chi connectivity index (χ4n) is 3.78. The minimum Gasteiger partial charge on any atom is -0.337 e. The van der Waals surface area contributed by atoms with E-state index in [1.165, 1.54) is 5.56 Å². The van der Waals surface area contributed by atoms with Gasteiger partial charge in [-0.3, -0.25) is 9.59 Å². The number of para-hydroxylation sites is 1. The minimum absolute atomic E-state index is 0.0741. The Balaban J connectivity index is 1.60. The Labute approximate surface area is 201 Å². The molecule has 4 aromatic rings. The van der Waals surface area contributed by atoms with Gasteiger partial charge in [0, 0.05) is 27.5 Å². The van der Waals surface area contributed by atoms with E-state index in [0.717, 1.165) is 40.7 Å². The Morgan fingerprint density at radius 2 is 1.87 bits per heavy atom. The first-order valence-corrected chi connectivity index (χ1v) is 12.5. The summed E-state index contributed by atoms with van der Waals surface area (Å²) >= 11 is 5.37. The number of anilines is 1. The molecular weight excluding hydrogens is 541 g/mol. The molecule has 2 aromatic carbocycles. The molecule has 156 valence electrons. The maximum Gasteiger partial charge on any atom is 0.257 e. The highest BCUT2D eigenvalue weighted by molar-refractivity contribution is 14.1. The van der Waals surface area contributed by atoms with Crippen LogP contribution in [-0.4, -0.2) is 28.2 Å². The first-order valence-electron chi connectivity index (χ1n) is 9.83. The van der Waals surface area contributed by atoms with Crippen LogP contribution in [0.1, 0.15) is 27.7 Å². The summed E-state index contributed by atoms with van der Waals surface area (Å²) in [4.78, 5) is 32.9. The number of rotatable bonds is 3. The first kappa shape index (κ1) is 20.6. The van der Waals surface area contributed by atoms with Crippen LogP contribution in [0.25, 0.3) is 20.8 Å². The van der Waals surface area contributed by atoms with Gasteiger partial charge in [0.2, 0.25) is 5.91 Å². The molecule has 2 aromatic heterocycles. The molecule has 0 saturated carbocycles. The van der Waals surface area contributed by atoms with Crippen molar-refractivity contribution in [2.45, 2.75) is 19.9 Å². The highest BCUT2D eigenvalue weighted by Crippen LogP contribution is 2.45. The number of halogens is 1. The Kier molecular flexibility index (Phi) is 5.53. The van der Waals surface area contributed by atoms with Gasteiger partial charge in [0.25, 0.3) is 5.91 Å². The van der Waals surface area contributed by atoms with E-state index in [9.17, 15) is 9.59 Å². The van der Waals surface area contributed by atoms with Gasteiger partial charge in [0.15, 0.2) is 0 Å². The van der Waals surface area contributed by atoms with Crippen LogP contribution in [-0.2, 0) is 17.8 Å². The summed E-state index contributed by atoms with van der Waals surface area (Å²) < 4.78 is 2.02. The number of nitrogens with zero attached hydrogens (tertiary/aromatic N) is 2. The largest absolute Gasteiger partial charge is 0.337 e. The lowest BCUT2D eigenvalue weighted by atomic mass is 10.0. The zero-order chi connectivity index (χ0) is 21.5. The number of hydrogen-bond acceptors (Lipinski definition) is 5. The number of hydrogen-bond donors (Lipinski definition) is 1. The van der Waals surface area contributed by atoms with Gasteiger partial charge in [0.1, 0.15) is 10.0 Å². The third kappa shape index (κ3) is 3.88. The summed E-state index contributed by atoms with van der Waals surface area (Å²) in [5.41, 5.74) is 3.80. The van der Waals surface area contributed by atoms with Crippen molar-refractivity contribution in [2.24, 2.45) is 0 Å². The molecule has 0 bridgehead atoms. The molecule has 5 nitrogen and oxygen atoms in total. The van der Waals surface area contributed by atoms with Crippen LogP contribution in [0.3, 0.4) is 0 Å². The molecule has 0 aliphatic carbocycles. The van der Waals surface area contributed by atoms with E-state index in [1.807, 2.05) is 47.4 Å². The molecule has 1 aliphatic rings. The van der Waals surface area contributed by atoms with Crippen LogP contribution in [0.5, 0.6) is 0 Å². The zero-order valence-corrected chi connectivity index (χ0v) is 20.4. The number of thiophene rings is 1. The molecule has 8 heteroatoms. The minimum atomic E-state index is -0.130. The predicted octanol–water partition coefficient (Wildman–Crippen LogP) is 5.79. The van der Waals surface area contributed by atoms with E-state index in [4.69, 9.17) is 4.98 Å². The summed E-state index contributed by atoms with van der Waals surface area (Å²) in [7, 11) is 0. The summed E-state index contributed by atoms with van der Waals surface area (Å²) in [5, 5.41) is 4.86. The monoisotopic (exact) mass is 559 g/mol. The fourth-order valence-corrected chi connectivity index (χ4v) is 6.78. The quantitative estimate of drug-likeness (QED) is 0.324. The second kappa shape index (κ2) is 8.33. The second-order valence-electron chi connectivity index (χ2n) is 7.32. The lowest BCUT2D eigenvalue weighted by Crippen LogP contribution is -2.33. The van der Waals surface area contributed by atoms with Crippen molar-refractivity contribution in [1.82, 2.24) is 9.88 Å². The van der Waals surface area contributed by atoms with Gasteiger partial charge in [-0.15, -0.1) is 22.7 Å². The van der Waals surface area contributed by atoms with Crippen molar-refractivity contribution in [1.29, 1.82) is 0 Å². The third-order valence-corrected chi connectivity index (χ3v) is 8.48. The highest BCUT2D eigenvalue weighted by Gasteiger charge is 2.28. The van der Waals surface area contributed by atoms with Gasteiger partial charge in [-0.1, -0.05) is 24.3 Å². The molecular formula is C23H18IN3O2S2. The molecule has 31 heavy (non-hydrogen) atoms. The van der Waals surface area contributed by atoms with Crippen LogP contribution in [0.15, 0.2) is 48.5 Å². The van der Waals surface area contributed by atoms with Gasteiger partial charge in [-0.05, 0) is 58.8 Å². The highest BCUT2D eigenvalue weighted by atomic mass is 127. The van der Waals surface area contributed by atoms with E-state index in [-0.39, 0.29) is 11.8 Å². The lowest BCUT2D eigenvalue weighted by molar-refractivity contribution is -0.129. The average molecular weight is 559 g/mol. The summed E-state index contributed by atoms with van der Waals surface area (Å²) in [6.45, 7) is 2.86. The lowest BCUT2D eigenvalue weighted by Gasteiger charge is -2.26. The van der Waals surface area contributed by atoms with Crippen LogP contribution >= 0.6 is 45.3 Å².